The predicted molar refractivity (Wildman–Crippen MR) is 87.3 cm³/mol. The van der Waals surface area contributed by atoms with E-state index in [9.17, 15) is 0 Å². The Morgan fingerprint density at radius 2 is 1.73 bits per heavy atom. The van der Waals surface area contributed by atoms with Gasteiger partial charge in [-0.3, -0.25) is 4.98 Å². The second-order valence-electron chi connectivity index (χ2n) is 6.91. The van der Waals surface area contributed by atoms with Crippen molar-refractivity contribution in [2.75, 3.05) is 0 Å². The van der Waals surface area contributed by atoms with Crippen molar-refractivity contribution in [2.45, 2.75) is 52.2 Å². The summed E-state index contributed by atoms with van der Waals surface area (Å²) in [6.45, 7) is 10.1. The van der Waals surface area contributed by atoms with Crippen LogP contribution in [-0.4, -0.2) is 21.2 Å². The van der Waals surface area contributed by atoms with Crippen LogP contribution in [0.5, 0.6) is 11.6 Å². The Hall–Kier alpha value is -2.10. The van der Waals surface area contributed by atoms with Crippen molar-refractivity contribution in [3.05, 3.63) is 48.4 Å². The summed E-state index contributed by atoms with van der Waals surface area (Å²) in [6, 6.07) is 9.60. The van der Waals surface area contributed by atoms with E-state index in [0.29, 0.717) is 12.3 Å². The second kappa shape index (κ2) is 6.34. The van der Waals surface area contributed by atoms with Crippen molar-refractivity contribution in [1.29, 1.82) is 0 Å². The predicted octanol–water partition coefficient (Wildman–Crippen LogP) is 4.05. The molecule has 0 saturated carbocycles. The SMILES string of the molecule is CC(C)(C)Oc1cccc(CC(C)(C)Oc2cccnc2)n1. The zero-order chi connectivity index (χ0) is 16.2. The van der Waals surface area contributed by atoms with Crippen LogP contribution in [0.4, 0.5) is 0 Å². The van der Waals surface area contributed by atoms with E-state index in [1.54, 1.807) is 12.4 Å². The van der Waals surface area contributed by atoms with Gasteiger partial charge in [-0.15, -0.1) is 0 Å². The van der Waals surface area contributed by atoms with Gasteiger partial charge in [-0.2, -0.15) is 0 Å². The quantitative estimate of drug-likeness (QED) is 0.835. The smallest absolute Gasteiger partial charge is 0.213 e. The minimum atomic E-state index is -0.379. The minimum absolute atomic E-state index is 0.257. The van der Waals surface area contributed by atoms with E-state index < -0.39 is 0 Å². The highest BCUT2D eigenvalue weighted by Gasteiger charge is 2.22. The molecule has 0 aromatic carbocycles. The van der Waals surface area contributed by atoms with E-state index in [1.807, 2.05) is 65.0 Å². The van der Waals surface area contributed by atoms with Gasteiger partial charge in [0.15, 0.2) is 0 Å². The van der Waals surface area contributed by atoms with Crippen molar-refractivity contribution in [1.82, 2.24) is 9.97 Å². The summed E-state index contributed by atoms with van der Waals surface area (Å²) >= 11 is 0. The van der Waals surface area contributed by atoms with Gasteiger partial charge in [-0.25, -0.2) is 4.98 Å². The first kappa shape index (κ1) is 16.3. The van der Waals surface area contributed by atoms with E-state index in [0.717, 1.165) is 11.4 Å². The lowest BCUT2D eigenvalue weighted by Crippen LogP contribution is -2.31. The van der Waals surface area contributed by atoms with Gasteiger partial charge in [-0.1, -0.05) is 6.07 Å². The summed E-state index contributed by atoms with van der Waals surface area (Å²) < 4.78 is 11.8. The molecule has 0 saturated heterocycles. The zero-order valence-corrected chi connectivity index (χ0v) is 14.0. The third-order valence-electron chi connectivity index (χ3n) is 2.83. The fourth-order valence-electron chi connectivity index (χ4n) is 2.13. The van der Waals surface area contributed by atoms with Gasteiger partial charge in [0.2, 0.25) is 5.88 Å². The average molecular weight is 300 g/mol. The van der Waals surface area contributed by atoms with Crippen LogP contribution in [0.15, 0.2) is 42.7 Å². The highest BCUT2D eigenvalue weighted by atomic mass is 16.5. The summed E-state index contributed by atoms with van der Waals surface area (Å²) in [7, 11) is 0. The number of hydrogen-bond donors (Lipinski definition) is 0. The van der Waals surface area contributed by atoms with E-state index in [4.69, 9.17) is 9.47 Å². The molecule has 0 N–H and O–H groups in total. The molecule has 0 atom stereocenters. The minimum Gasteiger partial charge on any atom is -0.486 e. The number of rotatable bonds is 5. The lowest BCUT2D eigenvalue weighted by molar-refractivity contribution is 0.106. The topological polar surface area (TPSA) is 44.2 Å². The fraction of sp³-hybridized carbons (Fsp3) is 0.444. The summed E-state index contributed by atoms with van der Waals surface area (Å²) in [6.07, 6.45) is 4.13. The van der Waals surface area contributed by atoms with Crippen LogP contribution in [0.2, 0.25) is 0 Å². The Kier molecular flexibility index (Phi) is 4.69. The van der Waals surface area contributed by atoms with Crippen molar-refractivity contribution in [3.63, 3.8) is 0 Å². The molecule has 4 nitrogen and oxygen atoms in total. The fourth-order valence-corrected chi connectivity index (χ4v) is 2.13. The molecular weight excluding hydrogens is 276 g/mol. The first-order valence-corrected chi connectivity index (χ1v) is 7.48. The van der Waals surface area contributed by atoms with Gasteiger partial charge in [0.25, 0.3) is 0 Å². The summed E-state index contributed by atoms with van der Waals surface area (Å²) in [5, 5.41) is 0. The maximum Gasteiger partial charge on any atom is 0.213 e. The normalized spacial score (nSPS) is 12.0. The second-order valence-corrected chi connectivity index (χ2v) is 6.91. The van der Waals surface area contributed by atoms with Gasteiger partial charge in [-0.05, 0) is 52.8 Å². The molecule has 2 rings (SSSR count). The molecule has 22 heavy (non-hydrogen) atoms. The standard InChI is InChI=1S/C18H24N2O2/c1-17(2,3)22-16-10-6-8-14(20-16)12-18(4,5)21-15-9-7-11-19-13-15/h6-11,13H,12H2,1-5H3. The molecule has 0 unspecified atom stereocenters. The summed E-state index contributed by atoms with van der Waals surface area (Å²) in [5.41, 5.74) is 0.305. The van der Waals surface area contributed by atoms with Crippen LogP contribution in [0.25, 0.3) is 0 Å². The number of pyridine rings is 2. The molecule has 0 bridgehead atoms. The van der Waals surface area contributed by atoms with Gasteiger partial charge >= 0.3 is 0 Å². The van der Waals surface area contributed by atoms with Gasteiger partial charge in [0.05, 0.1) is 6.20 Å². The van der Waals surface area contributed by atoms with Crippen LogP contribution in [0.3, 0.4) is 0 Å². The van der Waals surface area contributed by atoms with E-state index >= 15 is 0 Å². The molecule has 2 aromatic heterocycles. The Morgan fingerprint density at radius 3 is 2.36 bits per heavy atom. The van der Waals surface area contributed by atoms with Crippen molar-refractivity contribution < 1.29 is 9.47 Å². The molecule has 0 aliphatic rings. The molecule has 2 aromatic rings. The lowest BCUT2D eigenvalue weighted by Gasteiger charge is -2.26. The Labute approximate surface area is 132 Å². The van der Waals surface area contributed by atoms with Gasteiger partial charge in [0, 0.05) is 24.4 Å². The van der Waals surface area contributed by atoms with Crippen LogP contribution in [-0.2, 0) is 6.42 Å². The largest absolute Gasteiger partial charge is 0.486 e. The maximum atomic E-state index is 6.00. The Bertz CT molecular complexity index is 604. The van der Waals surface area contributed by atoms with E-state index in [1.165, 1.54) is 0 Å². The summed E-state index contributed by atoms with van der Waals surface area (Å²) in [4.78, 5) is 8.64. The zero-order valence-electron chi connectivity index (χ0n) is 14.0. The third kappa shape index (κ3) is 5.35. The first-order valence-electron chi connectivity index (χ1n) is 7.48. The molecule has 0 radical (unpaired) electrons. The highest BCUT2D eigenvalue weighted by Crippen LogP contribution is 2.22. The number of ether oxygens (including phenoxy) is 2. The van der Waals surface area contributed by atoms with Crippen LogP contribution >= 0.6 is 0 Å². The van der Waals surface area contributed by atoms with Crippen molar-refractivity contribution in [3.8, 4) is 11.6 Å². The number of nitrogens with zero attached hydrogens (tertiary/aromatic N) is 2. The van der Waals surface area contributed by atoms with Crippen LogP contribution in [0, 0.1) is 0 Å². The maximum absolute atomic E-state index is 6.00. The van der Waals surface area contributed by atoms with Gasteiger partial charge < -0.3 is 9.47 Å². The number of hydrogen-bond acceptors (Lipinski definition) is 4. The van der Waals surface area contributed by atoms with Crippen molar-refractivity contribution >= 4 is 0 Å². The molecule has 2 heterocycles. The Morgan fingerprint density at radius 1 is 0.955 bits per heavy atom. The monoisotopic (exact) mass is 300 g/mol. The Balaban J connectivity index is 2.07. The summed E-state index contributed by atoms with van der Waals surface area (Å²) in [5.74, 6) is 1.40. The first-order chi connectivity index (χ1) is 10.2. The number of aromatic nitrogens is 2. The highest BCUT2D eigenvalue weighted by molar-refractivity contribution is 5.20. The van der Waals surface area contributed by atoms with E-state index in [-0.39, 0.29) is 11.2 Å². The van der Waals surface area contributed by atoms with Crippen LogP contribution in [0.1, 0.15) is 40.3 Å². The molecule has 4 heteroatoms. The van der Waals surface area contributed by atoms with Gasteiger partial charge in [0.1, 0.15) is 17.0 Å². The van der Waals surface area contributed by atoms with Crippen LogP contribution < -0.4 is 9.47 Å². The third-order valence-corrected chi connectivity index (χ3v) is 2.83. The molecule has 0 spiro atoms. The molecule has 0 aliphatic carbocycles. The molecule has 0 aliphatic heterocycles. The molecule has 118 valence electrons. The molecular formula is C18H24N2O2. The molecule has 0 fully saturated rings. The molecule has 0 amide bonds. The average Bonchev–Trinajstić information content (AvgIpc) is 2.36. The van der Waals surface area contributed by atoms with E-state index in [2.05, 4.69) is 9.97 Å². The lowest BCUT2D eigenvalue weighted by atomic mass is 10.0. The van der Waals surface area contributed by atoms with Crippen molar-refractivity contribution in [2.24, 2.45) is 0 Å².